The first-order chi connectivity index (χ1) is 10.6. The van der Waals surface area contributed by atoms with Gasteiger partial charge in [-0.3, -0.25) is 4.79 Å². The standard InChI is InChI=1S/C16H13N5O/c1-11-16(20-15(9-18)14(8-17)19-11)10-21(12(2)22)13-6-4-3-5-7-13/h3-7H,10H2,1-2H3. The Balaban J connectivity index is 2.42. The molecule has 1 heterocycles. The van der Waals surface area contributed by atoms with Crippen molar-refractivity contribution < 1.29 is 4.79 Å². The van der Waals surface area contributed by atoms with Gasteiger partial charge in [0.15, 0.2) is 11.4 Å². The van der Waals surface area contributed by atoms with Crippen LogP contribution in [0.25, 0.3) is 0 Å². The highest BCUT2D eigenvalue weighted by atomic mass is 16.2. The van der Waals surface area contributed by atoms with Gasteiger partial charge >= 0.3 is 0 Å². The summed E-state index contributed by atoms with van der Waals surface area (Å²) in [4.78, 5) is 21.7. The minimum Gasteiger partial charge on any atom is -0.307 e. The molecule has 0 aliphatic heterocycles. The Morgan fingerprint density at radius 2 is 1.73 bits per heavy atom. The molecule has 1 aromatic carbocycles. The number of benzene rings is 1. The highest BCUT2D eigenvalue weighted by molar-refractivity contribution is 5.91. The average Bonchev–Trinajstić information content (AvgIpc) is 2.53. The lowest BCUT2D eigenvalue weighted by atomic mass is 10.2. The van der Waals surface area contributed by atoms with Crippen molar-refractivity contribution in [3.05, 3.63) is 53.1 Å². The lowest BCUT2D eigenvalue weighted by molar-refractivity contribution is -0.116. The van der Waals surface area contributed by atoms with Crippen molar-refractivity contribution in [2.24, 2.45) is 0 Å². The van der Waals surface area contributed by atoms with E-state index in [2.05, 4.69) is 9.97 Å². The van der Waals surface area contributed by atoms with E-state index in [0.29, 0.717) is 11.4 Å². The third-order valence-corrected chi connectivity index (χ3v) is 3.14. The number of carbonyl (C=O) groups is 1. The van der Waals surface area contributed by atoms with E-state index in [1.165, 1.54) is 6.92 Å². The van der Waals surface area contributed by atoms with Crippen LogP contribution in [0.2, 0.25) is 0 Å². The predicted molar refractivity (Wildman–Crippen MR) is 79.5 cm³/mol. The average molecular weight is 291 g/mol. The summed E-state index contributed by atoms with van der Waals surface area (Å²) in [6, 6.07) is 12.9. The number of rotatable bonds is 3. The Morgan fingerprint density at radius 3 is 2.27 bits per heavy atom. The van der Waals surface area contributed by atoms with Gasteiger partial charge in [0.25, 0.3) is 0 Å². The lowest BCUT2D eigenvalue weighted by Gasteiger charge is -2.21. The van der Waals surface area contributed by atoms with Crippen LogP contribution in [0.5, 0.6) is 0 Å². The Morgan fingerprint density at radius 1 is 1.14 bits per heavy atom. The SMILES string of the molecule is CC(=O)N(Cc1nc(C#N)c(C#N)nc1C)c1ccccc1. The molecule has 108 valence electrons. The zero-order chi connectivity index (χ0) is 16.1. The number of carbonyl (C=O) groups excluding carboxylic acids is 1. The topological polar surface area (TPSA) is 93.7 Å². The number of anilines is 1. The fourth-order valence-corrected chi connectivity index (χ4v) is 2.00. The largest absolute Gasteiger partial charge is 0.307 e. The number of aromatic nitrogens is 2. The second-order valence-electron chi connectivity index (χ2n) is 4.62. The van der Waals surface area contributed by atoms with Crippen molar-refractivity contribution in [1.82, 2.24) is 9.97 Å². The van der Waals surface area contributed by atoms with Crippen LogP contribution in [-0.4, -0.2) is 15.9 Å². The van der Waals surface area contributed by atoms with E-state index in [9.17, 15) is 4.79 Å². The molecule has 6 nitrogen and oxygen atoms in total. The molecule has 0 bridgehead atoms. The van der Waals surface area contributed by atoms with Crippen molar-refractivity contribution >= 4 is 11.6 Å². The van der Waals surface area contributed by atoms with Gasteiger partial charge in [0, 0.05) is 12.6 Å². The molecule has 2 aromatic rings. The highest BCUT2D eigenvalue weighted by Crippen LogP contribution is 2.18. The first-order valence-electron chi connectivity index (χ1n) is 6.57. The van der Waals surface area contributed by atoms with E-state index in [1.807, 2.05) is 42.5 Å². The second-order valence-corrected chi connectivity index (χ2v) is 4.62. The van der Waals surface area contributed by atoms with E-state index < -0.39 is 0 Å². The van der Waals surface area contributed by atoms with Gasteiger partial charge in [-0.1, -0.05) is 18.2 Å². The Kier molecular flexibility index (Phi) is 4.45. The van der Waals surface area contributed by atoms with Crippen LogP contribution >= 0.6 is 0 Å². The Bertz CT molecular complexity index is 787. The first-order valence-corrected chi connectivity index (χ1v) is 6.57. The number of nitrogens with zero attached hydrogens (tertiary/aromatic N) is 5. The van der Waals surface area contributed by atoms with Crippen molar-refractivity contribution in [2.75, 3.05) is 4.90 Å². The first kappa shape index (κ1) is 15.1. The molecule has 0 unspecified atom stereocenters. The number of nitriles is 2. The van der Waals surface area contributed by atoms with E-state index in [1.54, 1.807) is 11.8 Å². The van der Waals surface area contributed by atoms with Gasteiger partial charge < -0.3 is 4.90 Å². The van der Waals surface area contributed by atoms with Crippen LogP contribution in [0.3, 0.4) is 0 Å². The molecule has 0 aliphatic carbocycles. The molecule has 0 fully saturated rings. The summed E-state index contributed by atoms with van der Waals surface area (Å²) in [6.45, 7) is 3.36. The Hall–Kier alpha value is -3.25. The quantitative estimate of drug-likeness (QED) is 0.863. The molecule has 2 rings (SSSR count). The smallest absolute Gasteiger partial charge is 0.224 e. The number of hydrogen-bond donors (Lipinski definition) is 0. The number of amides is 1. The summed E-state index contributed by atoms with van der Waals surface area (Å²) in [5, 5.41) is 18.0. The van der Waals surface area contributed by atoms with Gasteiger partial charge in [-0.05, 0) is 19.1 Å². The van der Waals surface area contributed by atoms with Crippen LogP contribution in [0.1, 0.15) is 29.7 Å². The van der Waals surface area contributed by atoms with E-state index in [0.717, 1.165) is 5.69 Å². The van der Waals surface area contributed by atoms with Crippen LogP contribution in [0.4, 0.5) is 5.69 Å². The van der Waals surface area contributed by atoms with Gasteiger partial charge in [-0.2, -0.15) is 10.5 Å². The zero-order valence-electron chi connectivity index (χ0n) is 12.2. The van der Waals surface area contributed by atoms with Crippen molar-refractivity contribution in [3.63, 3.8) is 0 Å². The normalized spacial score (nSPS) is 9.64. The highest BCUT2D eigenvalue weighted by Gasteiger charge is 2.17. The molecule has 0 spiro atoms. The third kappa shape index (κ3) is 3.08. The molecule has 0 radical (unpaired) electrons. The van der Waals surface area contributed by atoms with Crippen LogP contribution in [-0.2, 0) is 11.3 Å². The molecule has 1 amide bonds. The summed E-state index contributed by atoms with van der Waals surface area (Å²) in [6.07, 6.45) is 0. The molecule has 0 saturated heterocycles. The second kappa shape index (κ2) is 6.47. The summed E-state index contributed by atoms with van der Waals surface area (Å²) in [5.41, 5.74) is 1.73. The molecular weight excluding hydrogens is 278 g/mol. The minimum absolute atomic E-state index is 0.00200. The fraction of sp³-hybridized carbons (Fsp3) is 0.188. The van der Waals surface area contributed by atoms with Gasteiger partial charge in [0.1, 0.15) is 12.1 Å². The molecule has 0 saturated carbocycles. The minimum atomic E-state index is -0.143. The molecule has 22 heavy (non-hydrogen) atoms. The van der Waals surface area contributed by atoms with Crippen LogP contribution in [0.15, 0.2) is 30.3 Å². The number of hydrogen-bond acceptors (Lipinski definition) is 5. The number of aryl methyl sites for hydroxylation is 1. The third-order valence-electron chi connectivity index (χ3n) is 3.14. The predicted octanol–water partition coefficient (Wildman–Crippen LogP) is 2.08. The van der Waals surface area contributed by atoms with Crippen LogP contribution < -0.4 is 4.90 Å². The van der Waals surface area contributed by atoms with Crippen molar-refractivity contribution in [3.8, 4) is 12.1 Å². The van der Waals surface area contributed by atoms with Crippen molar-refractivity contribution in [2.45, 2.75) is 20.4 Å². The molecule has 1 aromatic heterocycles. The maximum Gasteiger partial charge on any atom is 0.224 e. The zero-order valence-corrected chi connectivity index (χ0v) is 12.2. The maximum atomic E-state index is 11.9. The summed E-state index contributed by atoms with van der Waals surface area (Å²) in [5.74, 6) is -0.143. The van der Waals surface area contributed by atoms with Gasteiger partial charge in [-0.15, -0.1) is 0 Å². The maximum absolute atomic E-state index is 11.9. The molecule has 0 N–H and O–H groups in total. The van der Waals surface area contributed by atoms with E-state index in [-0.39, 0.29) is 23.8 Å². The molecule has 6 heteroatoms. The lowest BCUT2D eigenvalue weighted by Crippen LogP contribution is -2.29. The monoisotopic (exact) mass is 291 g/mol. The molecule has 0 aliphatic rings. The summed E-state index contributed by atoms with van der Waals surface area (Å²) in [7, 11) is 0. The fourth-order valence-electron chi connectivity index (χ4n) is 2.00. The molecular formula is C16H13N5O. The van der Waals surface area contributed by atoms with E-state index in [4.69, 9.17) is 10.5 Å². The number of para-hydroxylation sites is 1. The van der Waals surface area contributed by atoms with Gasteiger partial charge in [0.2, 0.25) is 5.91 Å². The van der Waals surface area contributed by atoms with Gasteiger partial charge in [-0.25, -0.2) is 9.97 Å². The van der Waals surface area contributed by atoms with E-state index >= 15 is 0 Å². The van der Waals surface area contributed by atoms with Gasteiger partial charge in [0.05, 0.1) is 17.9 Å². The van der Waals surface area contributed by atoms with Crippen molar-refractivity contribution in [1.29, 1.82) is 10.5 Å². The molecule has 0 atom stereocenters. The van der Waals surface area contributed by atoms with Crippen LogP contribution in [0, 0.1) is 29.6 Å². The summed E-state index contributed by atoms with van der Waals surface area (Å²) >= 11 is 0. The Labute approximate surface area is 128 Å². The summed E-state index contributed by atoms with van der Waals surface area (Å²) < 4.78 is 0.